The summed E-state index contributed by atoms with van der Waals surface area (Å²) in [5, 5.41) is 12.4. The van der Waals surface area contributed by atoms with Gasteiger partial charge in [0.15, 0.2) is 5.69 Å². The first kappa shape index (κ1) is 16.1. The molecule has 2 aliphatic rings. The van der Waals surface area contributed by atoms with E-state index in [1.54, 1.807) is 11.8 Å². The minimum absolute atomic E-state index is 0.0226. The highest BCUT2D eigenvalue weighted by atomic mass is 35.5. The lowest BCUT2D eigenvalue weighted by atomic mass is 9.76. The summed E-state index contributed by atoms with van der Waals surface area (Å²) in [6.07, 6.45) is 3.65. The summed E-state index contributed by atoms with van der Waals surface area (Å²) in [5.74, 6) is -0.477. The third-order valence-electron chi connectivity index (χ3n) is 4.84. The summed E-state index contributed by atoms with van der Waals surface area (Å²) in [4.78, 5) is 33.6. The van der Waals surface area contributed by atoms with Crippen molar-refractivity contribution in [1.29, 1.82) is 0 Å². The predicted molar refractivity (Wildman–Crippen MR) is 83.4 cm³/mol. The van der Waals surface area contributed by atoms with E-state index in [0.29, 0.717) is 31.9 Å². The zero-order valence-corrected chi connectivity index (χ0v) is 13.6. The van der Waals surface area contributed by atoms with Crippen molar-refractivity contribution < 1.29 is 14.7 Å². The summed E-state index contributed by atoms with van der Waals surface area (Å²) < 4.78 is 0. The summed E-state index contributed by atoms with van der Waals surface area (Å²) in [7, 11) is 0. The fourth-order valence-corrected chi connectivity index (χ4v) is 3.58. The SMILES string of the molecule is Cc1ncc(Cl)c(C(=O)N2CCC3(CC2)CN[C@@H](C(=O)O)C3)n1. The molecule has 0 unspecified atom stereocenters. The highest BCUT2D eigenvalue weighted by Crippen LogP contribution is 2.39. The van der Waals surface area contributed by atoms with Gasteiger partial charge in [-0.05, 0) is 31.6 Å². The maximum Gasteiger partial charge on any atom is 0.320 e. The van der Waals surface area contributed by atoms with Crippen LogP contribution in [0.5, 0.6) is 0 Å². The Morgan fingerprint density at radius 2 is 2.13 bits per heavy atom. The zero-order valence-electron chi connectivity index (χ0n) is 12.9. The van der Waals surface area contributed by atoms with Crippen LogP contribution < -0.4 is 5.32 Å². The van der Waals surface area contributed by atoms with E-state index in [9.17, 15) is 9.59 Å². The first-order valence-electron chi connectivity index (χ1n) is 7.65. The van der Waals surface area contributed by atoms with Gasteiger partial charge in [-0.15, -0.1) is 0 Å². The molecule has 2 fully saturated rings. The predicted octanol–water partition coefficient (Wildman–Crippen LogP) is 1.11. The van der Waals surface area contributed by atoms with Crippen molar-refractivity contribution in [2.75, 3.05) is 19.6 Å². The standard InChI is InChI=1S/C15H19ClN4O3/c1-9-17-7-10(16)12(19-9)13(21)20-4-2-15(3-5-20)6-11(14(22)23)18-8-15/h7,11,18H,2-6,8H2,1H3,(H,22,23)/t11-/m1/s1. The third kappa shape index (κ3) is 3.16. The van der Waals surface area contributed by atoms with E-state index in [2.05, 4.69) is 15.3 Å². The molecule has 8 heteroatoms. The normalized spacial score (nSPS) is 23.2. The van der Waals surface area contributed by atoms with Crippen molar-refractivity contribution in [3.05, 3.63) is 22.7 Å². The minimum atomic E-state index is -0.802. The van der Waals surface area contributed by atoms with E-state index in [0.717, 1.165) is 12.8 Å². The van der Waals surface area contributed by atoms with Gasteiger partial charge in [0.1, 0.15) is 11.9 Å². The number of nitrogens with one attached hydrogen (secondary N) is 1. The molecule has 7 nitrogen and oxygen atoms in total. The summed E-state index contributed by atoms with van der Waals surface area (Å²) in [5.41, 5.74) is 0.216. The number of halogens is 1. The molecule has 2 saturated heterocycles. The molecule has 3 heterocycles. The molecule has 0 saturated carbocycles. The molecular formula is C15H19ClN4O3. The number of aryl methyl sites for hydroxylation is 1. The average Bonchev–Trinajstić information content (AvgIpc) is 2.94. The van der Waals surface area contributed by atoms with E-state index in [1.807, 2.05) is 0 Å². The Kier molecular flexibility index (Phi) is 4.25. The number of amides is 1. The second-order valence-electron chi connectivity index (χ2n) is 6.38. The second-order valence-corrected chi connectivity index (χ2v) is 6.79. The number of carbonyl (C=O) groups excluding carboxylic acids is 1. The van der Waals surface area contributed by atoms with Crippen LogP contribution in [0.25, 0.3) is 0 Å². The number of rotatable bonds is 2. The van der Waals surface area contributed by atoms with Gasteiger partial charge < -0.3 is 15.3 Å². The van der Waals surface area contributed by atoms with Crippen LogP contribution in [-0.2, 0) is 4.79 Å². The molecule has 1 atom stereocenters. The van der Waals surface area contributed by atoms with E-state index < -0.39 is 12.0 Å². The van der Waals surface area contributed by atoms with Gasteiger partial charge in [-0.3, -0.25) is 9.59 Å². The Hall–Kier alpha value is -1.73. The molecule has 124 valence electrons. The van der Waals surface area contributed by atoms with Crippen LogP contribution >= 0.6 is 11.6 Å². The van der Waals surface area contributed by atoms with Gasteiger partial charge in [-0.1, -0.05) is 11.6 Å². The molecule has 1 spiro atoms. The molecule has 3 rings (SSSR count). The van der Waals surface area contributed by atoms with Gasteiger partial charge in [-0.25, -0.2) is 9.97 Å². The fourth-order valence-electron chi connectivity index (χ4n) is 3.41. The van der Waals surface area contributed by atoms with Gasteiger partial charge in [0, 0.05) is 19.6 Å². The Morgan fingerprint density at radius 1 is 1.43 bits per heavy atom. The molecule has 2 N–H and O–H groups in total. The molecule has 1 aromatic rings. The minimum Gasteiger partial charge on any atom is -0.480 e. The summed E-state index contributed by atoms with van der Waals surface area (Å²) in [6.45, 7) is 3.59. The lowest BCUT2D eigenvalue weighted by Gasteiger charge is -2.38. The topological polar surface area (TPSA) is 95.4 Å². The van der Waals surface area contributed by atoms with Gasteiger partial charge in [0.25, 0.3) is 5.91 Å². The maximum absolute atomic E-state index is 12.6. The van der Waals surface area contributed by atoms with Crippen LogP contribution in [0.1, 0.15) is 35.6 Å². The van der Waals surface area contributed by atoms with E-state index in [4.69, 9.17) is 16.7 Å². The zero-order chi connectivity index (χ0) is 16.6. The smallest absolute Gasteiger partial charge is 0.320 e. The molecule has 0 aliphatic carbocycles. The number of aliphatic carboxylic acids is 1. The number of likely N-dealkylation sites (tertiary alicyclic amines) is 1. The van der Waals surface area contributed by atoms with Crippen LogP contribution in [0.3, 0.4) is 0 Å². The first-order valence-corrected chi connectivity index (χ1v) is 8.03. The third-order valence-corrected chi connectivity index (χ3v) is 5.11. The Morgan fingerprint density at radius 3 is 2.74 bits per heavy atom. The van der Waals surface area contributed by atoms with Gasteiger partial charge in [0.2, 0.25) is 0 Å². The second kappa shape index (κ2) is 6.05. The van der Waals surface area contributed by atoms with Gasteiger partial charge in [0.05, 0.1) is 11.2 Å². The van der Waals surface area contributed by atoms with Crippen molar-refractivity contribution in [1.82, 2.24) is 20.2 Å². The summed E-state index contributed by atoms with van der Waals surface area (Å²) in [6, 6.07) is -0.476. The van der Waals surface area contributed by atoms with Crippen molar-refractivity contribution in [3.8, 4) is 0 Å². The number of carboxylic acids is 1. The van der Waals surface area contributed by atoms with E-state index in [-0.39, 0.29) is 22.0 Å². The van der Waals surface area contributed by atoms with Crippen LogP contribution in [0, 0.1) is 12.3 Å². The highest BCUT2D eigenvalue weighted by Gasteiger charge is 2.44. The molecule has 0 bridgehead atoms. The molecular weight excluding hydrogens is 320 g/mol. The number of carbonyl (C=O) groups is 2. The molecule has 0 radical (unpaired) electrons. The monoisotopic (exact) mass is 338 g/mol. The summed E-state index contributed by atoms with van der Waals surface area (Å²) >= 11 is 6.04. The van der Waals surface area contributed by atoms with Crippen molar-refractivity contribution in [2.24, 2.45) is 5.41 Å². The number of carboxylic acid groups (broad SMARTS) is 1. The number of hydrogen-bond acceptors (Lipinski definition) is 5. The quantitative estimate of drug-likeness (QED) is 0.838. The van der Waals surface area contributed by atoms with Crippen LogP contribution in [0.4, 0.5) is 0 Å². The first-order chi connectivity index (χ1) is 10.9. The number of aromatic nitrogens is 2. The van der Waals surface area contributed by atoms with Crippen molar-refractivity contribution >= 4 is 23.5 Å². The average molecular weight is 339 g/mol. The van der Waals surface area contributed by atoms with Crippen molar-refractivity contribution in [2.45, 2.75) is 32.2 Å². The van der Waals surface area contributed by atoms with Crippen LogP contribution in [-0.4, -0.2) is 57.5 Å². The van der Waals surface area contributed by atoms with Crippen LogP contribution in [0.2, 0.25) is 5.02 Å². The molecule has 1 aromatic heterocycles. The largest absolute Gasteiger partial charge is 0.480 e. The molecule has 23 heavy (non-hydrogen) atoms. The van der Waals surface area contributed by atoms with E-state index in [1.165, 1.54) is 6.20 Å². The van der Waals surface area contributed by atoms with Crippen LogP contribution in [0.15, 0.2) is 6.20 Å². The fraction of sp³-hybridized carbons (Fsp3) is 0.600. The Bertz CT molecular complexity index is 644. The number of piperidine rings is 1. The number of nitrogens with zero attached hydrogens (tertiary/aromatic N) is 3. The lowest BCUT2D eigenvalue weighted by molar-refractivity contribution is -0.139. The Labute approximate surface area is 139 Å². The maximum atomic E-state index is 12.6. The van der Waals surface area contributed by atoms with E-state index >= 15 is 0 Å². The highest BCUT2D eigenvalue weighted by molar-refractivity contribution is 6.33. The lowest BCUT2D eigenvalue weighted by Crippen LogP contribution is -2.44. The van der Waals surface area contributed by atoms with Gasteiger partial charge in [-0.2, -0.15) is 0 Å². The molecule has 1 amide bonds. The van der Waals surface area contributed by atoms with Gasteiger partial charge >= 0.3 is 5.97 Å². The Balaban J connectivity index is 1.66. The van der Waals surface area contributed by atoms with Crippen molar-refractivity contribution in [3.63, 3.8) is 0 Å². The number of hydrogen-bond donors (Lipinski definition) is 2. The molecule has 2 aliphatic heterocycles. The molecule has 0 aromatic carbocycles.